The van der Waals surface area contributed by atoms with Crippen LogP contribution in [0.5, 0.6) is 11.5 Å². The SMILES string of the molecule is COc1ccc2c(C(=O)c3ccc(OCCN4CCCCCC4)cc3)c(C3CCCCC3C)sc2c1. The van der Waals surface area contributed by atoms with Crippen molar-refractivity contribution in [2.24, 2.45) is 5.92 Å². The molecule has 2 aromatic carbocycles. The molecule has 1 aliphatic heterocycles. The molecule has 5 rings (SSSR count). The van der Waals surface area contributed by atoms with Crippen LogP contribution in [0.1, 0.15) is 85.0 Å². The molecule has 1 saturated heterocycles. The summed E-state index contributed by atoms with van der Waals surface area (Å²) in [6.45, 7) is 6.36. The summed E-state index contributed by atoms with van der Waals surface area (Å²) in [7, 11) is 1.70. The van der Waals surface area contributed by atoms with Crippen molar-refractivity contribution in [2.45, 2.75) is 64.2 Å². The lowest BCUT2D eigenvalue weighted by Crippen LogP contribution is -2.29. The number of ketones is 1. The molecule has 2 atom stereocenters. The number of hydrogen-bond acceptors (Lipinski definition) is 5. The predicted molar refractivity (Wildman–Crippen MR) is 149 cm³/mol. The van der Waals surface area contributed by atoms with Gasteiger partial charge in [-0.15, -0.1) is 11.3 Å². The molecule has 2 unspecified atom stereocenters. The molecule has 0 N–H and O–H groups in total. The predicted octanol–water partition coefficient (Wildman–Crippen LogP) is 7.69. The molecule has 2 heterocycles. The topological polar surface area (TPSA) is 38.8 Å². The van der Waals surface area contributed by atoms with Gasteiger partial charge in [-0.1, -0.05) is 39.0 Å². The first-order chi connectivity index (χ1) is 17.6. The quantitative estimate of drug-likeness (QED) is 0.294. The van der Waals surface area contributed by atoms with Crippen molar-refractivity contribution >= 4 is 27.2 Å². The summed E-state index contributed by atoms with van der Waals surface area (Å²) in [4.78, 5) is 17.7. The van der Waals surface area contributed by atoms with E-state index >= 15 is 0 Å². The number of thiophene rings is 1. The highest BCUT2D eigenvalue weighted by atomic mass is 32.1. The Hall–Kier alpha value is -2.37. The van der Waals surface area contributed by atoms with Crippen LogP contribution in [0.15, 0.2) is 42.5 Å². The molecular weight excluding hydrogens is 466 g/mol. The highest BCUT2D eigenvalue weighted by molar-refractivity contribution is 7.19. The van der Waals surface area contributed by atoms with Crippen molar-refractivity contribution in [1.29, 1.82) is 0 Å². The summed E-state index contributed by atoms with van der Waals surface area (Å²) < 4.78 is 12.7. The van der Waals surface area contributed by atoms with Crippen LogP contribution in [-0.2, 0) is 0 Å². The van der Waals surface area contributed by atoms with Crippen LogP contribution >= 0.6 is 11.3 Å². The van der Waals surface area contributed by atoms with Gasteiger partial charge in [0.25, 0.3) is 0 Å². The fourth-order valence-electron chi connectivity index (χ4n) is 5.92. The van der Waals surface area contributed by atoms with Crippen LogP contribution in [0.2, 0.25) is 0 Å². The lowest BCUT2D eigenvalue weighted by Gasteiger charge is -2.28. The van der Waals surface area contributed by atoms with Gasteiger partial charge in [0.15, 0.2) is 5.78 Å². The fourth-order valence-corrected chi connectivity index (χ4v) is 7.42. The van der Waals surface area contributed by atoms with E-state index < -0.39 is 0 Å². The Morgan fingerprint density at radius 1 is 0.944 bits per heavy atom. The van der Waals surface area contributed by atoms with Crippen LogP contribution in [-0.4, -0.2) is 44.0 Å². The molecule has 4 nitrogen and oxygen atoms in total. The zero-order valence-corrected chi connectivity index (χ0v) is 22.6. The fraction of sp³-hybridized carbons (Fsp3) is 0.516. The summed E-state index contributed by atoms with van der Waals surface area (Å²) in [6.07, 6.45) is 10.2. The number of carbonyl (C=O) groups excluding carboxylic acids is 1. The van der Waals surface area contributed by atoms with Crippen molar-refractivity contribution in [3.8, 4) is 11.5 Å². The standard InChI is InChI=1S/C31H39NO3S/c1-22-9-5-6-10-26(22)31-29(27-16-15-25(34-2)21-28(27)36-31)30(33)23-11-13-24(14-12-23)35-20-19-32-17-7-3-4-8-18-32/h11-16,21-22,26H,3-10,17-20H2,1-2H3. The minimum atomic E-state index is 0.121. The van der Waals surface area contributed by atoms with E-state index in [0.29, 0.717) is 18.4 Å². The van der Waals surface area contributed by atoms with E-state index in [1.807, 2.05) is 30.3 Å². The number of ether oxygens (including phenoxy) is 2. The largest absolute Gasteiger partial charge is 0.497 e. The number of carbonyl (C=O) groups is 1. The maximum Gasteiger partial charge on any atom is 0.194 e. The highest BCUT2D eigenvalue weighted by Gasteiger charge is 2.30. The molecule has 1 saturated carbocycles. The Morgan fingerprint density at radius 2 is 1.67 bits per heavy atom. The molecule has 192 valence electrons. The van der Waals surface area contributed by atoms with E-state index in [2.05, 4.69) is 24.0 Å². The van der Waals surface area contributed by atoms with Crippen LogP contribution in [0.3, 0.4) is 0 Å². The Kier molecular flexibility index (Phi) is 8.28. The second-order valence-electron chi connectivity index (χ2n) is 10.5. The summed E-state index contributed by atoms with van der Waals surface area (Å²) >= 11 is 1.79. The first-order valence-electron chi connectivity index (χ1n) is 13.7. The lowest BCUT2D eigenvalue weighted by atomic mass is 9.78. The normalized spacial score (nSPS) is 21.3. The first kappa shape index (κ1) is 25.3. The van der Waals surface area contributed by atoms with Crippen LogP contribution < -0.4 is 9.47 Å². The van der Waals surface area contributed by atoms with Gasteiger partial charge in [0.05, 0.1) is 7.11 Å². The van der Waals surface area contributed by atoms with Crippen molar-refractivity contribution in [2.75, 3.05) is 33.4 Å². The van der Waals surface area contributed by atoms with Gasteiger partial charge in [-0.2, -0.15) is 0 Å². The minimum Gasteiger partial charge on any atom is -0.497 e. The van der Waals surface area contributed by atoms with E-state index in [0.717, 1.165) is 45.7 Å². The zero-order chi connectivity index (χ0) is 24.9. The molecule has 0 spiro atoms. The lowest BCUT2D eigenvalue weighted by molar-refractivity contribution is 0.103. The van der Waals surface area contributed by atoms with Gasteiger partial charge < -0.3 is 9.47 Å². The molecule has 1 aliphatic carbocycles. The molecule has 2 fully saturated rings. The summed E-state index contributed by atoms with van der Waals surface area (Å²) in [6, 6.07) is 13.9. The van der Waals surface area contributed by atoms with Crippen LogP contribution in [0.4, 0.5) is 0 Å². The van der Waals surface area contributed by atoms with Crippen LogP contribution in [0, 0.1) is 5.92 Å². The van der Waals surface area contributed by atoms with Crippen molar-refractivity contribution in [3.63, 3.8) is 0 Å². The summed E-state index contributed by atoms with van der Waals surface area (Å²) in [5, 5.41) is 1.05. The Bertz CT molecular complexity index is 1160. The van der Waals surface area contributed by atoms with E-state index in [1.165, 1.54) is 62.9 Å². The third kappa shape index (κ3) is 5.63. The molecular formula is C31H39NO3S. The van der Waals surface area contributed by atoms with E-state index in [1.54, 1.807) is 18.4 Å². The highest BCUT2D eigenvalue weighted by Crippen LogP contribution is 2.46. The number of nitrogens with zero attached hydrogens (tertiary/aromatic N) is 1. The number of benzene rings is 2. The molecule has 36 heavy (non-hydrogen) atoms. The smallest absolute Gasteiger partial charge is 0.194 e. The number of methoxy groups -OCH3 is 1. The Labute approximate surface area is 219 Å². The van der Waals surface area contributed by atoms with E-state index in [4.69, 9.17) is 9.47 Å². The molecule has 3 aromatic rings. The molecule has 0 radical (unpaired) electrons. The number of fused-ring (bicyclic) bond motifs is 1. The van der Waals surface area contributed by atoms with E-state index in [9.17, 15) is 4.79 Å². The average molecular weight is 506 g/mol. The second kappa shape index (κ2) is 11.8. The maximum absolute atomic E-state index is 13.9. The molecule has 0 bridgehead atoms. The number of likely N-dealkylation sites (tertiary alicyclic amines) is 1. The first-order valence-corrected chi connectivity index (χ1v) is 14.6. The van der Waals surface area contributed by atoms with Crippen molar-refractivity contribution in [1.82, 2.24) is 4.90 Å². The minimum absolute atomic E-state index is 0.121. The van der Waals surface area contributed by atoms with Crippen molar-refractivity contribution < 1.29 is 14.3 Å². The number of rotatable bonds is 8. The maximum atomic E-state index is 13.9. The van der Waals surface area contributed by atoms with Gasteiger partial charge in [-0.25, -0.2) is 0 Å². The van der Waals surface area contributed by atoms with Gasteiger partial charge in [0, 0.05) is 32.6 Å². The monoisotopic (exact) mass is 505 g/mol. The molecule has 2 aliphatic rings. The average Bonchev–Trinajstić information content (AvgIpc) is 3.08. The van der Waals surface area contributed by atoms with E-state index in [-0.39, 0.29) is 5.78 Å². The number of hydrogen-bond donors (Lipinski definition) is 0. The second-order valence-corrected chi connectivity index (χ2v) is 11.6. The van der Waals surface area contributed by atoms with Crippen LogP contribution in [0.25, 0.3) is 10.1 Å². The molecule has 5 heteroatoms. The van der Waals surface area contributed by atoms with Gasteiger partial charge >= 0.3 is 0 Å². The third-order valence-corrected chi connectivity index (χ3v) is 9.38. The Balaban J connectivity index is 1.35. The van der Waals surface area contributed by atoms with Crippen molar-refractivity contribution in [3.05, 3.63) is 58.5 Å². The van der Waals surface area contributed by atoms with Gasteiger partial charge in [0.2, 0.25) is 0 Å². The molecule has 1 aromatic heterocycles. The van der Waals surface area contributed by atoms with Gasteiger partial charge in [0.1, 0.15) is 18.1 Å². The van der Waals surface area contributed by atoms with Gasteiger partial charge in [-0.3, -0.25) is 9.69 Å². The van der Waals surface area contributed by atoms with Gasteiger partial charge in [-0.05, 0) is 86.7 Å². The third-order valence-electron chi connectivity index (χ3n) is 8.09. The Morgan fingerprint density at radius 3 is 2.39 bits per heavy atom. The zero-order valence-electron chi connectivity index (χ0n) is 21.8. The summed E-state index contributed by atoms with van der Waals surface area (Å²) in [5.41, 5.74) is 1.63. The summed E-state index contributed by atoms with van der Waals surface area (Å²) in [5.74, 6) is 2.84. The molecule has 0 amide bonds.